The van der Waals surface area contributed by atoms with Crippen LogP contribution in [0.2, 0.25) is 0 Å². The zero-order valence-electron chi connectivity index (χ0n) is 18.8. The third-order valence-electron chi connectivity index (χ3n) is 5.86. The van der Waals surface area contributed by atoms with E-state index in [4.69, 9.17) is 5.10 Å². The molecule has 1 heterocycles. The lowest BCUT2D eigenvalue weighted by Gasteiger charge is -2.28. The Morgan fingerprint density at radius 3 is 2.10 bits per heavy atom. The number of rotatable bonds is 3. The number of para-hydroxylation sites is 1. The molecule has 4 nitrogen and oxygen atoms in total. The van der Waals surface area contributed by atoms with Crippen LogP contribution in [0.4, 0.5) is 0 Å². The Labute approximate surface area is 183 Å². The zero-order chi connectivity index (χ0) is 22.3. The average Bonchev–Trinajstić information content (AvgIpc) is 3.07. The van der Waals surface area contributed by atoms with Crippen molar-refractivity contribution in [3.63, 3.8) is 0 Å². The van der Waals surface area contributed by atoms with Crippen LogP contribution in [0.3, 0.4) is 0 Å². The number of ketones is 2. The Bertz CT molecular complexity index is 1170. The van der Waals surface area contributed by atoms with Crippen molar-refractivity contribution < 1.29 is 9.59 Å². The minimum Gasteiger partial charge on any atom is -0.294 e. The number of hydrogen-bond acceptors (Lipinski definition) is 3. The van der Waals surface area contributed by atoms with Crippen LogP contribution in [0.1, 0.15) is 48.9 Å². The van der Waals surface area contributed by atoms with Gasteiger partial charge in [-0.05, 0) is 55.5 Å². The highest BCUT2D eigenvalue weighted by molar-refractivity contribution is 6.25. The quantitative estimate of drug-likeness (QED) is 0.403. The van der Waals surface area contributed by atoms with Crippen molar-refractivity contribution in [2.75, 3.05) is 0 Å². The minimum absolute atomic E-state index is 0.0861. The predicted octanol–water partition coefficient (Wildman–Crippen LogP) is 5.81. The molecule has 158 valence electrons. The second-order valence-electron chi connectivity index (χ2n) is 9.41. The first kappa shape index (κ1) is 21.0. The lowest BCUT2D eigenvalue weighted by atomic mass is 9.74. The smallest absolute Gasteiger partial charge is 0.167 e. The molecule has 1 aliphatic rings. The van der Waals surface area contributed by atoms with Gasteiger partial charge in [0.1, 0.15) is 5.69 Å². The van der Waals surface area contributed by atoms with Gasteiger partial charge in [0.05, 0.1) is 11.3 Å². The summed E-state index contributed by atoms with van der Waals surface area (Å²) < 4.78 is 1.82. The summed E-state index contributed by atoms with van der Waals surface area (Å²) in [5, 5.41) is 4.90. The van der Waals surface area contributed by atoms with E-state index in [1.807, 2.05) is 55.1 Å². The molecule has 0 atom stereocenters. The van der Waals surface area contributed by atoms with Crippen LogP contribution >= 0.6 is 0 Å². The number of carbonyl (C=O) groups is 2. The zero-order valence-corrected chi connectivity index (χ0v) is 18.8. The van der Waals surface area contributed by atoms with E-state index in [1.165, 1.54) is 5.56 Å². The molecule has 4 rings (SSSR count). The molecule has 31 heavy (non-hydrogen) atoms. The molecular weight excluding hydrogens is 384 g/mol. The molecular formula is C27H28N2O2. The molecule has 1 saturated carbocycles. The minimum atomic E-state index is -0.285. The van der Waals surface area contributed by atoms with Crippen molar-refractivity contribution in [2.24, 2.45) is 5.41 Å². The normalized spacial score (nSPS) is 16.0. The molecule has 0 saturated heterocycles. The number of Topliss-reactive ketones (excluding diaryl/α,β-unsaturated/α-hetero) is 2. The fourth-order valence-electron chi connectivity index (χ4n) is 4.55. The highest BCUT2D eigenvalue weighted by atomic mass is 16.1. The van der Waals surface area contributed by atoms with Crippen molar-refractivity contribution in [1.82, 2.24) is 9.78 Å². The fraction of sp³-hybridized carbons (Fsp3) is 0.296. The van der Waals surface area contributed by atoms with Gasteiger partial charge in [-0.25, -0.2) is 4.68 Å². The van der Waals surface area contributed by atoms with Gasteiger partial charge >= 0.3 is 0 Å². The highest BCUT2D eigenvalue weighted by Gasteiger charge is 2.35. The van der Waals surface area contributed by atoms with Gasteiger partial charge in [0.15, 0.2) is 11.6 Å². The standard InChI is InChI=1S/C27H28N2O2/c1-17-11-18(2)25(19(3)12-17)26-20(16-29(28-26)21-9-7-6-8-10-21)13-22-23(30)14-27(4,5)15-24(22)31/h6-13,16H,14-15H2,1-5H3. The maximum atomic E-state index is 12.8. The predicted molar refractivity (Wildman–Crippen MR) is 124 cm³/mol. The average molecular weight is 413 g/mol. The molecule has 0 radical (unpaired) electrons. The molecule has 0 unspecified atom stereocenters. The first-order chi connectivity index (χ1) is 14.6. The second kappa shape index (κ2) is 7.77. The van der Waals surface area contributed by atoms with Crippen LogP contribution in [0.15, 0.2) is 54.2 Å². The first-order valence-electron chi connectivity index (χ1n) is 10.7. The summed E-state index contributed by atoms with van der Waals surface area (Å²) in [6.45, 7) is 10.2. The third-order valence-corrected chi connectivity index (χ3v) is 5.86. The molecule has 1 aromatic heterocycles. The number of allylic oxidation sites excluding steroid dienone is 1. The summed E-state index contributed by atoms with van der Waals surface area (Å²) in [6, 6.07) is 14.2. The molecule has 0 amide bonds. The number of carbonyl (C=O) groups excluding carboxylic acids is 2. The Kier molecular flexibility index (Phi) is 5.26. The maximum absolute atomic E-state index is 12.8. The molecule has 0 aliphatic heterocycles. The Morgan fingerprint density at radius 2 is 1.52 bits per heavy atom. The summed E-state index contributed by atoms with van der Waals surface area (Å²) in [6.07, 6.45) is 4.43. The van der Waals surface area contributed by atoms with Crippen molar-refractivity contribution >= 4 is 17.6 Å². The fourth-order valence-corrected chi connectivity index (χ4v) is 4.55. The van der Waals surface area contributed by atoms with E-state index in [2.05, 4.69) is 32.9 Å². The van der Waals surface area contributed by atoms with E-state index in [0.717, 1.165) is 33.6 Å². The topological polar surface area (TPSA) is 52.0 Å². The molecule has 0 spiro atoms. The van der Waals surface area contributed by atoms with Crippen LogP contribution in [0.5, 0.6) is 0 Å². The van der Waals surface area contributed by atoms with Crippen molar-refractivity contribution in [1.29, 1.82) is 0 Å². The van der Waals surface area contributed by atoms with Crippen LogP contribution in [0, 0.1) is 26.2 Å². The van der Waals surface area contributed by atoms with Gasteiger partial charge in [0, 0.05) is 30.2 Å². The van der Waals surface area contributed by atoms with Crippen molar-refractivity contribution in [3.05, 3.63) is 76.5 Å². The molecule has 2 aromatic carbocycles. The van der Waals surface area contributed by atoms with Crippen LogP contribution < -0.4 is 0 Å². The first-order valence-corrected chi connectivity index (χ1v) is 10.7. The van der Waals surface area contributed by atoms with Gasteiger partial charge in [-0.1, -0.05) is 49.7 Å². The molecule has 3 aromatic rings. The van der Waals surface area contributed by atoms with Crippen molar-refractivity contribution in [3.8, 4) is 16.9 Å². The number of aryl methyl sites for hydroxylation is 3. The Hall–Kier alpha value is -3.27. The molecule has 1 aliphatic carbocycles. The molecule has 0 N–H and O–H groups in total. The van der Waals surface area contributed by atoms with Gasteiger partial charge < -0.3 is 0 Å². The van der Waals surface area contributed by atoms with Gasteiger partial charge in [-0.2, -0.15) is 5.10 Å². The van der Waals surface area contributed by atoms with E-state index < -0.39 is 0 Å². The van der Waals surface area contributed by atoms with Gasteiger partial charge in [-0.3, -0.25) is 9.59 Å². The van der Waals surface area contributed by atoms with E-state index in [9.17, 15) is 9.59 Å². The van der Waals surface area contributed by atoms with Gasteiger partial charge in [-0.15, -0.1) is 0 Å². The maximum Gasteiger partial charge on any atom is 0.167 e. The van der Waals surface area contributed by atoms with E-state index in [0.29, 0.717) is 12.8 Å². The lowest BCUT2D eigenvalue weighted by Crippen LogP contribution is -2.31. The number of nitrogens with zero attached hydrogens (tertiary/aromatic N) is 2. The van der Waals surface area contributed by atoms with Gasteiger partial charge in [0.2, 0.25) is 0 Å². The Morgan fingerprint density at radius 1 is 0.935 bits per heavy atom. The largest absolute Gasteiger partial charge is 0.294 e. The summed E-state index contributed by atoms with van der Waals surface area (Å²) in [5.74, 6) is -0.172. The molecule has 4 heteroatoms. The lowest BCUT2D eigenvalue weighted by molar-refractivity contribution is -0.127. The van der Waals surface area contributed by atoms with Crippen molar-refractivity contribution in [2.45, 2.75) is 47.5 Å². The highest BCUT2D eigenvalue weighted by Crippen LogP contribution is 2.36. The summed E-state index contributed by atoms with van der Waals surface area (Å²) in [7, 11) is 0. The van der Waals surface area contributed by atoms with Gasteiger partial charge in [0.25, 0.3) is 0 Å². The van der Waals surface area contributed by atoms with E-state index >= 15 is 0 Å². The number of aromatic nitrogens is 2. The number of benzene rings is 2. The second-order valence-corrected chi connectivity index (χ2v) is 9.41. The van der Waals surface area contributed by atoms with Crippen LogP contribution in [-0.4, -0.2) is 21.3 Å². The monoisotopic (exact) mass is 412 g/mol. The third kappa shape index (κ3) is 4.15. The molecule has 0 bridgehead atoms. The van der Waals surface area contributed by atoms with Crippen LogP contribution in [0.25, 0.3) is 23.0 Å². The molecule has 1 fully saturated rings. The Balaban J connectivity index is 1.91. The summed E-state index contributed by atoms with van der Waals surface area (Å²) in [4.78, 5) is 25.6. The SMILES string of the molecule is Cc1cc(C)c(-c2nn(-c3ccccc3)cc2C=C2C(=O)CC(C)(C)CC2=O)c(C)c1. The van der Waals surface area contributed by atoms with E-state index in [-0.39, 0.29) is 22.6 Å². The van der Waals surface area contributed by atoms with Crippen LogP contribution in [-0.2, 0) is 9.59 Å². The summed E-state index contributed by atoms with van der Waals surface area (Å²) >= 11 is 0. The van der Waals surface area contributed by atoms with E-state index in [1.54, 1.807) is 6.08 Å². The number of hydrogen-bond donors (Lipinski definition) is 0. The summed E-state index contributed by atoms with van der Waals surface area (Å²) in [5.41, 5.74) is 6.99.